The molecule has 0 radical (unpaired) electrons. The van der Waals surface area contributed by atoms with Gasteiger partial charge in [0, 0.05) is 25.0 Å². The Morgan fingerprint density at radius 3 is 1.14 bits per heavy atom. The van der Waals surface area contributed by atoms with E-state index in [1.807, 2.05) is 0 Å². The van der Waals surface area contributed by atoms with Crippen molar-refractivity contribution in [1.82, 2.24) is 0 Å². The first kappa shape index (κ1) is 31.1. The monoisotopic (exact) mass is 502 g/mol. The first-order chi connectivity index (χ1) is 18.3. The van der Waals surface area contributed by atoms with Gasteiger partial charge in [0.25, 0.3) is 0 Å². The Morgan fingerprint density at radius 1 is 0.459 bits per heavy atom. The molecule has 2 rings (SSSR count). The minimum absolute atomic E-state index is 0.513. The summed E-state index contributed by atoms with van der Waals surface area (Å²) >= 11 is 0. The molecule has 0 aromatic heterocycles. The molecule has 0 aliphatic rings. The fourth-order valence-corrected chi connectivity index (χ4v) is 5.25. The highest BCUT2D eigenvalue weighted by atomic mass is 16.5. The molecule has 2 unspecified atom stereocenters. The summed E-state index contributed by atoms with van der Waals surface area (Å²) in [6.07, 6.45) is 25.2. The van der Waals surface area contributed by atoms with E-state index in [-0.39, 0.29) is 0 Å². The van der Waals surface area contributed by atoms with Gasteiger partial charge in [0.2, 0.25) is 0 Å². The molecule has 0 fully saturated rings. The standard InChI is InChI=1S/C36H54O/c1-3-33(35-27-19-15-20-28-35)25-17-11-7-5-9-13-23-31-37-32-24-14-10-6-8-12-18-26-34(4-2)36-29-21-16-22-30-36/h3-4,15-16,19-22,27-30,33-34H,1-2,5-14,17-18,23-26,31-32H2. The Morgan fingerprint density at radius 2 is 0.784 bits per heavy atom. The fourth-order valence-electron chi connectivity index (χ4n) is 5.25. The highest BCUT2D eigenvalue weighted by molar-refractivity contribution is 5.23. The third-order valence-electron chi connectivity index (χ3n) is 7.63. The van der Waals surface area contributed by atoms with E-state index in [0.717, 1.165) is 13.2 Å². The van der Waals surface area contributed by atoms with E-state index < -0.39 is 0 Å². The Balaban J connectivity index is 1.28. The molecule has 0 spiro atoms. The summed E-state index contributed by atoms with van der Waals surface area (Å²) in [5, 5.41) is 0. The zero-order valence-electron chi connectivity index (χ0n) is 23.6. The molecule has 204 valence electrons. The molecule has 0 aliphatic heterocycles. The lowest BCUT2D eigenvalue weighted by molar-refractivity contribution is 0.125. The van der Waals surface area contributed by atoms with Gasteiger partial charge in [-0.15, -0.1) is 13.2 Å². The van der Waals surface area contributed by atoms with Crippen LogP contribution in [-0.2, 0) is 4.74 Å². The maximum Gasteiger partial charge on any atom is 0.0466 e. The van der Waals surface area contributed by atoms with Gasteiger partial charge in [-0.2, -0.15) is 0 Å². The van der Waals surface area contributed by atoms with Crippen LogP contribution in [0.15, 0.2) is 86.0 Å². The van der Waals surface area contributed by atoms with Crippen molar-refractivity contribution >= 4 is 0 Å². The van der Waals surface area contributed by atoms with Crippen LogP contribution in [0.25, 0.3) is 0 Å². The normalized spacial score (nSPS) is 12.8. The average molecular weight is 503 g/mol. The zero-order valence-corrected chi connectivity index (χ0v) is 23.6. The minimum atomic E-state index is 0.513. The molecular formula is C36H54O. The maximum absolute atomic E-state index is 5.87. The predicted molar refractivity (Wildman–Crippen MR) is 163 cm³/mol. The molecule has 0 N–H and O–H groups in total. The van der Waals surface area contributed by atoms with E-state index in [0.29, 0.717) is 11.8 Å². The second-order valence-corrected chi connectivity index (χ2v) is 10.6. The molecule has 0 saturated carbocycles. The van der Waals surface area contributed by atoms with E-state index in [9.17, 15) is 0 Å². The van der Waals surface area contributed by atoms with E-state index >= 15 is 0 Å². The number of unbranched alkanes of at least 4 members (excludes halogenated alkanes) is 12. The highest BCUT2D eigenvalue weighted by Gasteiger charge is 2.07. The first-order valence-corrected chi connectivity index (χ1v) is 15.3. The van der Waals surface area contributed by atoms with Gasteiger partial charge >= 0.3 is 0 Å². The molecule has 0 bridgehead atoms. The molecule has 0 aliphatic carbocycles. The van der Waals surface area contributed by atoms with Crippen molar-refractivity contribution in [1.29, 1.82) is 0 Å². The van der Waals surface area contributed by atoms with Crippen molar-refractivity contribution in [2.75, 3.05) is 13.2 Å². The van der Waals surface area contributed by atoms with Crippen LogP contribution in [0, 0.1) is 0 Å². The predicted octanol–water partition coefficient (Wildman–Crippen LogP) is 11.2. The van der Waals surface area contributed by atoms with Crippen LogP contribution in [-0.4, -0.2) is 13.2 Å². The minimum Gasteiger partial charge on any atom is -0.381 e. The summed E-state index contributed by atoms with van der Waals surface area (Å²) in [6, 6.07) is 21.6. The van der Waals surface area contributed by atoms with Crippen LogP contribution in [0.2, 0.25) is 0 Å². The van der Waals surface area contributed by atoms with Crippen molar-refractivity contribution < 1.29 is 4.74 Å². The lowest BCUT2D eigenvalue weighted by Gasteiger charge is -2.12. The van der Waals surface area contributed by atoms with E-state index in [1.165, 1.54) is 114 Å². The summed E-state index contributed by atoms with van der Waals surface area (Å²) in [5.41, 5.74) is 2.81. The lowest BCUT2D eigenvalue weighted by atomic mass is 9.93. The Kier molecular flexibility index (Phi) is 18.4. The Labute approximate surface area is 229 Å². The summed E-state index contributed by atoms with van der Waals surface area (Å²) in [7, 11) is 0. The van der Waals surface area contributed by atoms with Crippen LogP contribution in [0.3, 0.4) is 0 Å². The Hall–Kier alpha value is -2.12. The van der Waals surface area contributed by atoms with Gasteiger partial charge in [0.15, 0.2) is 0 Å². The molecule has 0 amide bonds. The molecule has 2 aromatic carbocycles. The van der Waals surface area contributed by atoms with Gasteiger partial charge in [-0.3, -0.25) is 0 Å². The summed E-state index contributed by atoms with van der Waals surface area (Å²) in [5.74, 6) is 1.03. The number of hydrogen-bond acceptors (Lipinski definition) is 1. The van der Waals surface area contributed by atoms with Gasteiger partial charge in [0.1, 0.15) is 0 Å². The molecular weight excluding hydrogens is 448 g/mol. The van der Waals surface area contributed by atoms with Crippen LogP contribution in [0.5, 0.6) is 0 Å². The van der Waals surface area contributed by atoms with Gasteiger partial charge in [-0.25, -0.2) is 0 Å². The lowest BCUT2D eigenvalue weighted by Crippen LogP contribution is -1.97. The fraction of sp³-hybridized carbons (Fsp3) is 0.556. The third kappa shape index (κ3) is 15.0. The number of hydrogen-bond donors (Lipinski definition) is 0. The smallest absolute Gasteiger partial charge is 0.0466 e. The number of allylic oxidation sites excluding steroid dienone is 2. The quantitative estimate of drug-likeness (QED) is 0.102. The zero-order chi connectivity index (χ0) is 26.2. The van der Waals surface area contributed by atoms with Crippen LogP contribution in [0.4, 0.5) is 0 Å². The second kappa shape index (κ2) is 21.9. The largest absolute Gasteiger partial charge is 0.381 e. The van der Waals surface area contributed by atoms with E-state index in [1.54, 1.807) is 0 Å². The molecule has 0 saturated heterocycles. The SMILES string of the molecule is C=CC(CCCCCCCCCOCCCCCCCCCC(C=C)c1ccccc1)c1ccccc1. The van der Waals surface area contributed by atoms with E-state index in [2.05, 4.69) is 86.0 Å². The topological polar surface area (TPSA) is 9.23 Å². The van der Waals surface area contributed by atoms with Crippen molar-refractivity contribution in [3.05, 3.63) is 97.1 Å². The van der Waals surface area contributed by atoms with E-state index in [4.69, 9.17) is 4.74 Å². The summed E-state index contributed by atoms with van der Waals surface area (Å²) in [6.45, 7) is 9.97. The van der Waals surface area contributed by atoms with Crippen LogP contribution >= 0.6 is 0 Å². The number of ether oxygens (including phenoxy) is 1. The molecule has 2 aromatic rings. The van der Waals surface area contributed by atoms with Gasteiger partial charge < -0.3 is 4.74 Å². The molecule has 1 nitrogen and oxygen atoms in total. The highest BCUT2D eigenvalue weighted by Crippen LogP contribution is 2.24. The molecule has 0 heterocycles. The van der Waals surface area contributed by atoms with Crippen molar-refractivity contribution in [2.45, 2.75) is 115 Å². The van der Waals surface area contributed by atoms with Crippen molar-refractivity contribution in [2.24, 2.45) is 0 Å². The third-order valence-corrected chi connectivity index (χ3v) is 7.63. The van der Waals surface area contributed by atoms with Crippen molar-refractivity contribution in [3.8, 4) is 0 Å². The maximum atomic E-state index is 5.87. The second-order valence-electron chi connectivity index (χ2n) is 10.6. The van der Waals surface area contributed by atoms with Crippen molar-refractivity contribution in [3.63, 3.8) is 0 Å². The van der Waals surface area contributed by atoms with Gasteiger partial charge in [-0.05, 0) is 36.8 Å². The molecule has 1 heteroatoms. The summed E-state index contributed by atoms with van der Waals surface area (Å²) < 4.78 is 5.87. The van der Waals surface area contributed by atoms with Crippen LogP contribution < -0.4 is 0 Å². The van der Waals surface area contributed by atoms with Crippen LogP contribution in [0.1, 0.15) is 126 Å². The summed E-state index contributed by atoms with van der Waals surface area (Å²) in [4.78, 5) is 0. The average Bonchev–Trinajstić information content (AvgIpc) is 2.95. The molecule has 37 heavy (non-hydrogen) atoms. The number of benzene rings is 2. The Bertz CT molecular complexity index is 713. The number of rotatable bonds is 24. The van der Waals surface area contributed by atoms with Gasteiger partial charge in [-0.1, -0.05) is 150 Å². The molecule has 2 atom stereocenters. The first-order valence-electron chi connectivity index (χ1n) is 15.3. The van der Waals surface area contributed by atoms with Gasteiger partial charge in [0.05, 0.1) is 0 Å².